The third kappa shape index (κ3) is 2.17. The van der Waals surface area contributed by atoms with Crippen LogP contribution >= 0.6 is 0 Å². The van der Waals surface area contributed by atoms with Crippen LogP contribution in [0.1, 0.15) is 19.0 Å². The minimum atomic E-state index is -3.50. The van der Waals surface area contributed by atoms with Crippen LogP contribution in [-0.4, -0.2) is 36.9 Å². The van der Waals surface area contributed by atoms with Crippen molar-refractivity contribution in [3.05, 3.63) is 30.0 Å². The first-order chi connectivity index (χ1) is 10.3. The molecule has 0 amide bonds. The van der Waals surface area contributed by atoms with E-state index in [1.165, 1.54) is 0 Å². The summed E-state index contributed by atoms with van der Waals surface area (Å²) in [5, 5.41) is 0.795. The number of benzene rings is 1. The number of aromatic nitrogens is 1. The molecule has 120 valence electrons. The van der Waals surface area contributed by atoms with E-state index in [1.807, 2.05) is 42.8 Å². The Kier molecular flexibility index (Phi) is 3.58. The second kappa shape index (κ2) is 5.08. The number of fused-ring (bicyclic) bond motifs is 1. The summed E-state index contributed by atoms with van der Waals surface area (Å²) in [6.07, 6.45) is 0.812. The van der Waals surface area contributed by atoms with Crippen LogP contribution < -0.4 is 5.73 Å². The number of nitrogens with two attached hydrogens (primary N) is 1. The summed E-state index contributed by atoms with van der Waals surface area (Å²) in [5.74, 6) is 0. The predicted octanol–water partition coefficient (Wildman–Crippen LogP) is 1.85. The quantitative estimate of drug-likeness (QED) is 0.938. The first-order valence-corrected chi connectivity index (χ1v) is 8.98. The molecule has 1 aromatic carbocycles. The summed E-state index contributed by atoms with van der Waals surface area (Å²) in [5.41, 5.74) is 7.42. The third-order valence-electron chi connectivity index (χ3n) is 4.96. The van der Waals surface area contributed by atoms with Crippen LogP contribution in [0.2, 0.25) is 0 Å². The van der Waals surface area contributed by atoms with Crippen molar-refractivity contribution in [1.82, 2.24) is 8.87 Å². The lowest BCUT2D eigenvalue weighted by molar-refractivity contribution is 0.349. The molecule has 2 N–H and O–H groups in total. The van der Waals surface area contributed by atoms with Gasteiger partial charge in [-0.1, -0.05) is 25.1 Å². The second-order valence-electron chi connectivity index (χ2n) is 6.59. The molecule has 6 heteroatoms. The minimum absolute atomic E-state index is 0.119. The van der Waals surface area contributed by atoms with Gasteiger partial charge in [0, 0.05) is 36.7 Å². The Balaban J connectivity index is 2.13. The summed E-state index contributed by atoms with van der Waals surface area (Å²) in [6, 6.07) is 7.65. The molecule has 1 aromatic heterocycles. The van der Waals surface area contributed by atoms with Crippen molar-refractivity contribution in [3.63, 3.8) is 0 Å². The van der Waals surface area contributed by atoms with Crippen LogP contribution in [0.15, 0.2) is 29.2 Å². The predicted molar refractivity (Wildman–Crippen MR) is 88.2 cm³/mol. The Hall–Kier alpha value is -1.37. The van der Waals surface area contributed by atoms with E-state index in [-0.39, 0.29) is 5.41 Å². The first-order valence-electron chi connectivity index (χ1n) is 7.54. The van der Waals surface area contributed by atoms with Gasteiger partial charge in [-0.3, -0.25) is 0 Å². The summed E-state index contributed by atoms with van der Waals surface area (Å²) < 4.78 is 29.9. The minimum Gasteiger partial charge on any atom is -0.347 e. The molecule has 0 radical (unpaired) electrons. The highest BCUT2D eigenvalue weighted by atomic mass is 32.2. The Labute approximate surface area is 131 Å². The van der Waals surface area contributed by atoms with Gasteiger partial charge in [0.1, 0.15) is 4.90 Å². The molecule has 5 nitrogen and oxygen atoms in total. The number of aryl methyl sites for hydroxylation is 1. The van der Waals surface area contributed by atoms with E-state index in [0.717, 1.165) is 23.0 Å². The van der Waals surface area contributed by atoms with E-state index in [1.54, 1.807) is 4.31 Å². The number of hydrogen-bond acceptors (Lipinski definition) is 3. The van der Waals surface area contributed by atoms with E-state index in [0.29, 0.717) is 24.5 Å². The van der Waals surface area contributed by atoms with Crippen molar-refractivity contribution in [1.29, 1.82) is 0 Å². The Bertz CT molecular complexity index is 825. The van der Waals surface area contributed by atoms with Gasteiger partial charge >= 0.3 is 0 Å². The lowest BCUT2D eigenvalue weighted by atomic mass is 9.90. The molecule has 2 heterocycles. The maximum Gasteiger partial charge on any atom is 0.245 e. The average molecular weight is 321 g/mol. The van der Waals surface area contributed by atoms with E-state index < -0.39 is 10.0 Å². The highest BCUT2D eigenvalue weighted by molar-refractivity contribution is 7.89. The molecular weight excluding hydrogens is 298 g/mol. The van der Waals surface area contributed by atoms with Gasteiger partial charge in [-0.25, -0.2) is 8.42 Å². The van der Waals surface area contributed by atoms with Crippen LogP contribution in [-0.2, 0) is 17.1 Å². The highest BCUT2D eigenvalue weighted by Gasteiger charge is 2.40. The van der Waals surface area contributed by atoms with E-state index in [2.05, 4.69) is 6.92 Å². The molecule has 1 aliphatic heterocycles. The van der Waals surface area contributed by atoms with Gasteiger partial charge in [-0.2, -0.15) is 4.31 Å². The van der Waals surface area contributed by atoms with Crippen molar-refractivity contribution < 1.29 is 8.42 Å². The second-order valence-corrected chi connectivity index (χ2v) is 8.47. The fourth-order valence-electron chi connectivity index (χ4n) is 3.29. The molecule has 0 bridgehead atoms. The molecule has 0 aliphatic carbocycles. The Morgan fingerprint density at radius 2 is 2.00 bits per heavy atom. The van der Waals surface area contributed by atoms with Crippen LogP contribution in [0.25, 0.3) is 10.9 Å². The van der Waals surface area contributed by atoms with Gasteiger partial charge in [-0.15, -0.1) is 0 Å². The summed E-state index contributed by atoms with van der Waals surface area (Å²) in [7, 11) is -1.59. The third-order valence-corrected chi connectivity index (χ3v) is 6.98. The fraction of sp³-hybridized carbons (Fsp3) is 0.500. The van der Waals surface area contributed by atoms with Crippen molar-refractivity contribution in [2.75, 3.05) is 19.6 Å². The molecule has 1 unspecified atom stereocenters. The molecular formula is C16H23N3O2S. The van der Waals surface area contributed by atoms with Crippen LogP contribution in [0, 0.1) is 12.3 Å². The fourth-order valence-corrected chi connectivity index (χ4v) is 5.32. The SMILES string of the molecule is Cc1c(S(=O)(=O)N2CCC(C)(CN)C2)c2ccccc2n1C. The summed E-state index contributed by atoms with van der Waals surface area (Å²) in [4.78, 5) is 0.437. The largest absolute Gasteiger partial charge is 0.347 e. The topological polar surface area (TPSA) is 68.3 Å². The maximum atomic E-state index is 13.2. The number of hydrogen-bond donors (Lipinski definition) is 1. The lowest BCUT2D eigenvalue weighted by Crippen LogP contribution is -2.34. The van der Waals surface area contributed by atoms with E-state index in [4.69, 9.17) is 5.73 Å². The first kappa shape index (κ1) is 15.5. The van der Waals surface area contributed by atoms with Crippen molar-refractivity contribution in [2.45, 2.75) is 25.2 Å². The molecule has 1 aliphatic rings. The molecule has 1 saturated heterocycles. The summed E-state index contributed by atoms with van der Waals surface area (Å²) in [6.45, 7) is 5.46. The molecule has 0 spiro atoms. The number of para-hydroxylation sites is 1. The number of sulfonamides is 1. The smallest absolute Gasteiger partial charge is 0.245 e. The Morgan fingerprint density at radius 3 is 2.64 bits per heavy atom. The Morgan fingerprint density at radius 1 is 1.32 bits per heavy atom. The van der Waals surface area contributed by atoms with Crippen LogP contribution in [0.4, 0.5) is 0 Å². The van der Waals surface area contributed by atoms with Gasteiger partial charge in [0.2, 0.25) is 10.0 Å². The molecule has 22 heavy (non-hydrogen) atoms. The normalized spacial score (nSPS) is 23.5. The molecule has 0 saturated carbocycles. The van der Waals surface area contributed by atoms with Crippen LogP contribution in [0.3, 0.4) is 0 Å². The van der Waals surface area contributed by atoms with Crippen molar-refractivity contribution in [3.8, 4) is 0 Å². The lowest BCUT2D eigenvalue weighted by Gasteiger charge is -2.22. The van der Waals surface area contributed by atoms with E-state index in [9.17, 15) is 8.42 Å². The molecule has 1 atom stereocenters. The zero-order chi connectivity index (χ0) is 16.1. The average Bonchev–Trinajstić information content (AvgIpc) is 3.01. The molecule has 2 aromatic rings. The van der Waals surface area contributed by atoms with E-state index >= 15 is 0 Å². The van der Waals surface area contributed by atoms with Gasteiger partial charge < -0.3 is 10.3 Å². The van der Waals surface area contributed by atoms with Gasteiger partial charge in [-0.05, 0) is 31.4 Å². The molecule has 3 rings (SSSR count). The number of nitrogens with zero attached hydrogens (tertiary/aromatic N) is 2. The highest BCUT2D eigenvalue weighted by Crippen LogP contribution is 2.36. The van der Waals surface area contributed by atoms with Crippen LogP contribution in [0.5, 0.6) is 0 Å². The van der Waals surface area contributed by atoms with Crippen molar-refractivity contribution in [2.24, 2.45) is 18.2 Å². The zero-order valence-electron chi connectivity index (χ0n) is 13.3. The van der Waals surface area contributed by atoms with Gasteiger partial charge in [0.05, 0.1) is 0 Å². The standard InChI is InChI=1S/C16H23N3O2S/c1-12-15(13-6-4-5-7-14(13)18(12)3)22(20,21)19-9-8-16(2,10-17)11-19/h4-7H,8-11,17H2,1-3H3. The van der Waals surface area contributed by atoms with Crippen molar-refractivity contribution >= 4 is 20.9 Å². The zero-order valence-corrected chi connectivity index (χ0v) is 14.2. The van der Waals surface area contributed by atoms with Gasteiger partial charge in [0.25, 0.3) is 0 Å². The summed E-state index contributed by atoms with van der Waals surface area (Å²) >= 11 is 0. The molecule has 1 fully saturated rings. The maximum absolute atomic E-state index is 13.2. The monoisotopic (exact) mass is 321 g/mol. The number of rotatable bonds is 3. The van der Waals surface area contributed by atoms with Gasteiger partial charge in [0.15, 0.2) is 0 Å².